The highest BCUT2D eigenvalue weighted by atomic mass is 79.9. The molecule has 0 atom stereocenters. The van der Waals surface area contributed by atoms with Gasteiger partial charge in [0.1, 0.15) is 6.07 Å². The van der Waals surface area contributed by atoms with E-state index >= 15 is 0 Å². The van der Waals surface area contributed by atoms with E-state index in [0.29, 0.717) is 21.9 Å². The van der Waals surface area contributed by atoms with Crippen molar-refractivity contribution in [2.45, 2.75) is 5.33 Å². The van der Waals surface area contributed by atoms with Crippen molar-refractivity contribution in [3.8, 4) is 17.6 Å². The Bertz CT molecular complexity index is 364. The molecule has 0 radical (unpaired) electrons. The van der Waals surface area contributed by atoms with Crippen LogP contribution in [0.1, 0.15) is 5.56 Å². The number of halogens is 2. The van der Waals surface area contributed by atoms with Gasteiger partial charge in [-0.1, -0.05) is 27.5 Å². The third-order valence-corrected chi connectivity index (χ3v) is 2.56. The summed E-state index contributed by atoms with van der Waals surface area (Å²) in [4.78, 5) is 0. The first-order valence-corrected chi connectivity index (χ1v) is 5.65. The van der Waals surface area contributed by atoms with Gasteiger partial charge in [0, 0.05) is 22.0 Å². The first kappa shape index (κ1) is 12.2. The minimum absolute atomic E-state index is 0.0159. The number of nitrogens with zero attached hydrogens (tertiary/aromatic N) is 1. The molecule has 1 aromatic carbocycles. The van der Waals surface area contributed by atoms with Gasteiger partial charge >= 0.3 is 0 Å². The Morgan fingerprint density at radius 2 is 2.27 bits per heavy atom. The fourth-order valence-electron chi connectivity index (χ4n) is 1.14. The van der Waals surface area contributed by atoms with Crippen molar-refractivity contribution in [3.63, 3.8) is 0 Å². The van der Waals surface area contributed by atoms with Gasteiger partial charge in [-0.05, 0) is 6.07 Å². The van der Waals surface area contributed by atoms with Crippen LogP contribution in [0.5, 0.6) is 11.5 Å². The van der Waals surface area contributed by atoms with Crippen molar-refractivity contribution in [2.75, 3.05) is 13.7 Å². The van der Waals surface area contributed by atoms with Crippen LogP contribution in [-0.4, -0.2) is 13.7 Å². The molecular formula is C10H9BrClNO2. The zero-order valence-corrected chi connectivity index (χ0v) is 10.4. The quantitative estimate of drug-likeness (QED) is 0.800. The molecule has 15 heavy (non-hydrogen) atoms. The summed E-state index contributed by atoms with van der Waals surface area (Å²) in [6.07, 6.45) is 0. The van der Waals surface area contributed by atoms with E-state index in [1.165, 1.54) is 7.11 Å². The van der Waals surface area contributed by atoms with Crippen LogP contribution in [-0.2, 0) is 5.33 Å². The van der Waals surface area contributed by atoms with Gasteiger partial charge in [-0.15, -0.1) is 0 Å². The number of methoxy groups -OCH3 is 1. The van der Waals surface area contributed by atoms with E-state index in [2.05, 4.69) is 15.9 Å². The van der Waals surface area contributed by atoms with Crippen LogP contribution < -0.4 is 9.47 Å². The molecule has 1 aromatic rings. The molecular weight excluding hydrogens is 281 g/mol. The molecule has 0 spiro atoms. The monoisotopic (exact) mass is 289 g/mol. The predicted octanol–water partition coefficient (Wildman–Crippen LogP) is 3.15. The Balaban J connectivity index is 3.13. The molecule has 0 aliphatic carbocycles. The highest BCUT2D eigenvalue weighted by Crippen LogP contribution is 2.35. The molecule has 0 fully saturated rings. The van der Waals surface area contributed by atoms with Crippen molar-refractivity contribution >= 4 is 27.5 Å². The summed E-state index contributed by atoms with van der Waals surface area (Å²) >= 11 is 9.21. The van der Waals surface area contributed by atoms with Crippen molar-refractivity contribution in [1.82, 2.24) is 0 Å². The minimum atomic E-state index is -0.0159. The van der Waals surface area contributed by atoms with E-state index in [4.69, 9.17) is 26.3 Å². The van der Waals surface area contributed by atoms with E-state index in [9.17, 15) is 0 Å². The van der Waals surface area contributed by atoms with Crippen LogP contribution in [0.2, 0.25) is 5.02 Å². The molecule has 0 aliphatic rings. The van der Waals surface area contributed by atoms with Crippen LogP contribution in [0, 0.1) is 11.3 Å². The van der Waals surface area contributed by atoms with E-state index in [0.717, 1.165) is 5.56 Å². The largest absolute Gasteiger partial charge is 0.493 e. The van der Waals surface area contributed by atoms with E-state index < -0.39 is 0 Å². The summed E-state index contributed by atoms with van der Waals surface area (Å²) < 4.78 is 10.4. The average Bonchev–Trinajstić information content (AvgIpc) is 2.26. The molecule has 1 rings (SSSR count). The van der Waals surface area contributed by atoms with Crippen LogP contribution >= 0.6 is 27.5 Å². The van der Waals surface area contributed by atoms with Gasteiger partial charge in [-0.3, -0.25) is 0 Å². The minimum Gasteiger partial charge on any atom is -0.493 e. The number of hydrogen-bond donors (Lipinski definition) is 0. The molecule has 0 saturated heterocycles. The molecule has 3 nitrogen and oxygen atoms in total. The normalized spacial score (nSPS) is 9.47. The summed E-state index contributed by atoms with van der Waals surface area (Å²) in [6.45, 7) is -0.0159. The van der Waals surface area contributed by atoms with Gasteiger partial charge in [0.05, 0.1) is 7.11 Å². The maximum atomic E-state index is 8.46. The fraction of sp³-hybridized carbons (Fsp3) is 0.300. The van der Waals surface area contributed by atoms with Gasteiger partial charge in [0.25, 0.3) is 0 Å². The Hall–Kier alpha value is -0.920. The lowest BCUT2D eigenvalue weighted by Gasteiger charge is -2.12. The molecule has 0 unspecified atom stereocenters. The van der Waals surface area contributed by atoms with Gasteiger partial charge in [0.15, 0.2) is 18.1 Å². The number of alkyl halides is 1. The second-order valence-corrected chi connectivity index (χ2v) is 3.67. The molecule has 0 aliphatic heterocycles. The number of ether oxygens (including phenoxy) is 2. The Morgan fingerprint density at radius 1 is 1.53 bits per heavy atom. The molecule has 0 heterocycles. The number of hydrogen-bond acceptors (Lipinski definition) is 3. The summed E-state index contributed by atoms with van der Waals surface area (Å²) in [5.74, 6) is 1.09. The predicted molar refractivity (Wildman–Crippen MR) is 61.7 cm³/mol. The van der Waals surface area contributed by atoms with Crippen LogP contribution in [0.25, 0.3) is 0 Å². The molecule has 80 valence electrons. The molecule has 0 N–H and O–H groups in total. The third kappa shape index (κ3) is 3.01. The molecule has 5 heteroatoms. The fourth-order valence-corrected chi connectivity index (χ4v) is 1.79. The first-order valence-electron chi connectivity index (χ1n) is 4.15. The van der Waals surface area contributed by atoms with E-state index in [1.807, 2.05) is 6.07 Å². The third-order valence-electron chi connectivity index (χ3n) is 1.74. The maximum absolute atomic E-state index is 8.46. The summed E-state index contributed by atoms with van der Waals surface area (Å²) in [6, 6.07) is 5.33. The summed E-state index contributed by atoms with van der Waals surface area (Å²) in [5.41, 5.74) is 0.856. The zero-order valence-electron chi connectivity index (χ0n) is 8.09. The highest BCUT2D eigenvalue weighted by molar-refractivity contribution is 9.08. The van der Waals surface area contributed by atoms with Crippen LogP contribution in [0.15, 0.2) is 12.1 Å². The molecule has 0 amide bonds. The van der Waals surface area contributed by atoms with E-state index in [-0.39, 0.29) is 6.61 Å². The van der Waals surface area contributed by atoms with Crippen molar-refractivity contribution in [3.05, 3.63) is 22.7 Å². The number of benzene rings is 1. The Morgan fingerprint density at radius 3 is 2.80 bits per heavy atom. The van der Waals surface area contributed by atoms with Crippen LogP contribution in [0.3, 0.4) is 0 Å². The molecule has 0 aromatic heterocycles. The maximum Gasteiger partial charge on any atom is 0.174 e. The van der Waals surface area contributed by atoms with Gasteiger partial charge in [0.2, 0.25) is 0 Å². The van der Waals surface area contributed by atoms with Gasteiger partial charge < -0.3 is 9.47 Å². The van der Waals surface area contributed by atoms with Gasteiger partial charge in [-0.25, -0.2) is 0 Å². The molecule has 0 saturated carbocycles. The van der Waals surface area contributed by atoms with Crippen molar-refractivity contribution in [2.24, 2.45) is 0 Å². The standard InChI is InChI=1S/C10H9BrClNO2/c1-14-9-5-8(12)4-7(6-11)10(9)15-3-2-13/h4-5H,3,6H2,1H3. The van der Waals surface area contributed by atoms with Gasteiger partial charge in [-0.2, -0.15) is 5.26 Å². The van der Waals surface area contributed by atoms with E-state index in [1.54, 1.807) is 12.1 Å². The molecule has 0 bridgehead atoms. The average molecular weight is 291 g/mol. The summed E-state index contributed by atoms with van der Waals surface area (Å²) in [7, 11) is 1.53. The number of nitriles is 1. The number of rotatable bonds is 4. The topological polar surface area (TPSA) is 42.2 Å². The lowest BCUT2D eigenvalue weighted by Crippen LogP contribution is -1.99. The smallest absolute Gasteiger partial charge is 0.174 e. The van der Waals surface area contributed by atoms with Crippen molar-refractivity contribution < 1.29 is 9.47 Å². The Kier molecular flexibility index (Phi) is 4.73. The lowest BCUT2D eigenvalue weighted by atomic mass is 10.2. The summed E-state index contributed by atoms with van der Waals surface area (Å²) in [5, 5.41) is 9.62. The highest BCUT2D eigenvalue weighted by Gasteiger charge is 2.11. The Labute approximate surface area is 102 Å². The second kappa shape index (κ2) is 5.84. The SMILES string of the molecule is COc1cc(Cl)cc(CBr)c1OCC#N. The first-order chi connectivity index (χ1) is 7.22. The van der Waals surface area contributed by atoms with Crippen LogP contribution in [0.4, 0.5) is 0 Å². The second-order valence-electron chi connectivity index (χ2n) is 2.68. The zero-order chi connectivity index (χ0) is 11.3. The lowest BCUT2D eigenvalue weighted by molar-refractivity contribution is 0.327. The van der Waals surface area contributed by atoms with Crippen molar-refractivity contribution in [1.29, 1.82) is 5.26 Å².